The molecule has 12 nitrogen and oxygen atoms in total. The minimum absolute atomic E-state index is 0.000319. The second-order valence-electron chi connectivity index (χ2n) is 10.1. The predicted octanol–water partition coefficient (Wildman–Crippen LogP) is 5.35. The Kier molecular flexibility index (Phi) is 11.6. The summed E-state index contributed by atoms with van der Waals surface area (Å²) >= 11 is 0. The highest BCUT2D eigenvalue weighted by Gasteiger charge is 2.22. The van der Waals surface area contributed by atoms with Crippen LogP contribution >= 0.6 is 0 Å². The van der Waals surface area contributed by atoms with Crippen LogP contribution in [0, 0.1) is 0 Å². The Labute approximate surface area is 249 Å². The maximum absolute atomic E-state index is 12.5. The van der Waals surface area contributed by atoms with Gasteiger partial charge in [0.2, 0.25) is 5.96 Å². The molecule has 0 bridgehead atoms. The Morgan fingerprint density at radius 3 is 1.67 bits per heavy atom. The molecule has 0 spiro atoms. The van der Waals surface area contributed by atoms with E-state index < -0.39 is 35.9 Å². The van der Waals surface area contributed by atoms with E-state index in [1.807, 2.05) is 36.4 Å². The number of aliphatic imine (C=N–C) groups is 1. The lowest BCUT2D eigenvalue weighted by atomic mass is 10.2. The van der Waals surface area contributed by atoms with Gasteiger partial charge in [0.15, 0.2) is 0 Å². The van der Waals surface area contributed by atoms with Crippen LogP contribution in [0.1, 0.15) is 38.8 Å². The van der Waals surface area contributed by atoms with Gasteiger partial charge in [0.05, 0.1) is 5.69 Å². The van der Waals surface area contributed by atoms with Gasteiger partial charge in [-0.3, -0.25) is 10.6 Å². The van der Waals surface area contributed by atoms with Crippen LogP contribution in [0.5, 0.6) is 5.75 Å². The molecule has 0 radical (unpaired) electrons. The number of benzene rings is 3. The van der Waals surface area contributed by atoms with Gasteiger partial charge in [0.25, 0.3) is 0 Å². The number of nitrogens with one attached hydrogen (secondary N) is 3. The van der Waals surface area contributed by atoms with E-state index in [2.05, 4.69) is 20.9 Å². The highest BCUT2D eigenvalue weighted by molar-refractivity contribution is 6.02. The molecule has 0 heterocycles. The number of ether oxygens (including phenoxy) is 4. The summed E-state index contributed by atoms with van der Waals surface area (Å²) < 4.78 is 20.9. The summed E-state index contributed by atoms with van der Waals surface area (Å²) in [6.45, 7) is 6.58. The third kappa shape index (κ3) is 12.3. The van der Waals surface area contributed by atoms with Gasteiger partial charge < -0.3 is 24.3 Å². The number of hydrogen-bond acceptors (Lipinski definition) is 9. The predicted molar refractivity (Wildman–Crippen MR) is 158 cm³/mol. The Balaban J connectivity index is 1.64. The van der Waals surface area contributed by atoms with Crippen molar-refractivity contribution in [3.05, 3.63) is 96.1 Å². The molecule has 0 aliphatic carbocycles. The van der Waals surface area contributed by atoms with Crippen LogP contribution in [0.15, 0.2) is 89.9 Å². The summed E-state index contributed by atoms with van der Waals surface area (Å²) in [5.41, 5.74) is 1.12. The molecule has 3 N–H and O–H groups in total. The molecule has 0 aromatic heterocycles. The van der Waals surface area contributed by atoms with E-state index in [0.29, 0.717) is 5.69 Å². The van der Waals surface area contributed by atoms with Crippen LogP contribution in [0.4, 0.5) is 20.1 Å². The molecular formula is C31H34N4O8. The first-order valence-electron chi connectivity index (χ1n) is 13.3. The molecule has 0 saturated heterocycles. The van der Waals surface area contributed by atoms with Crippen molar-refractivity contribution >= 4 is 35.9 Å². The van der Waals surface area contributed by atoms with E-state index in [0.717, 1.165) is 11.1 Å². The van der Waals surface area contributed by atoms with Crippen molar-refractivity contribution in [1.82, 2.24) is 16.0 Å². The molecule has 43 heavy (non-hydrogen) atoms. The maximum atomic E-state index is 12.5. The molecular weight excluding hydrogens is 556 g/mol. The highest BCUT2D eigenvalue weighted by Crippen LogP contribution is 2.19. The van der Waals surface area contributed by atoms with Gasteiger partial charge >= 0.3 is 24.2 Å². The molecule has 12 heteroatoms. The van der Waals surface area contributed by atoms with Crippen molar-refractivity contribution in [3.8, 4) is 5.75 Å². The largest absolute Gasteiger partial charge is 0.444 e. The number of amides is 3. The Morgan fingerprint density at radius 2 is 1.21 bits per heavy atom. The van der Waals surface area contributed by atoms with Gasteiger partial charge in [-0.15, -0.1) is 0 Å². The summed E-state index contributed by atoms with van der Waals surface area (Å²) in [6.07, 6.45) is -2.47. The lowest BCUT2D eigenvalue weighted by molar-refractivity contribution is -0.136. The molecule has 0 aliphatic heterocycles. The van der Waals surface area contributed by atoms with Gasteiger partial charge in [-0.2, -0.15) is 0 Å². The number of carbonyl (C=O) groups is 4. The molecule has 0 unspecified atom stereocenters. The molecule has 0 saturated carbocycles. The highest BCUT2D eigenvalue weighted by atomic mass is 16.6. The first-order chi connectivity index (χ1) is 20.5. The third-order valence-corrected chi connectivity index (χ3v) is 5.25. The third-order valence-electron chi connectivity index (χ3n) is 5.25. The smallest absolute Gasteiger partial charge is 0.414 e. The molecule has 3 rings (SSSR count). The molecule has 3 amide bonds. The zero-order valence-corrected chi connectivity index (χ0v) is 24.3. The summed E-state index contributed by atoms with van der Waals surface area (Å²) in [6, 6.07) is 23.0. The van der Waals surface area contributed by atoms with Gasteiger partial charge in [-0.25, -0.2) is 24.2 Å². The summed E-state index contributed by atoms with van der Waals surface area (Å²) in [7, 11) is 0. The summed E-state index contributed by atoms with van der Waals surface area (Å²) in [4.78, 5) is 53.5. The SMILES string of the molecule is C[C@H](NC(=O)OC(C)(C)C)C(=O)Oc1ccc(N=C(NC(=O)OCc2ccccc2)NC(=O)OCc2ccccc2)cc1. The average Bonchev–Trinajstić information content (AvgIpc) is 2.96. The van der Waals surface area contributed by atoms with E-state index in [4.69, 9.17) is 18.9 Å². The van der Waals surface area contributed by atoms with E-state index in [9.17, 15) is 19.2 Å². The molecule has 1 atom stereocenters. The lowest BCUT2D eigenvalue weighted by Gasteiger charge is -2.21. The molecule has 0 fully saturated rings. The minimum atomic E-state index is -0.976. The van der Waals surface area contributed by atoms with Crippen LogP contribution in [0.2, 0.25) is 0 Å². The van der Waals surface area contributed by atoms with Crippen LogP contribution < -0.4 is 20.7 Å². The topological polar surface area (TPSA) is 154 Å². The second-order valence-corrected chi connectivity index (χ2v) is 10.1. The van der Waals surface area contributed by atoms with E-state index >= 15 is 0 Å². The number of alkyl carbamates (subject to hydrolysis) is 3. The van der Waals surface area contributed by atoms with Crippen molar-refractivity contribution in [2.75, 3.05) is 0 Å². The van der Waals surface area contributed by atoms with Crippen LogP contribution in [0.25, 0.3) is 0 Å². The fourth-order valence-corrected chi connectivity index (χ4v) is 3.26. The Morgan fingerprint density at radius 1 is 0.721 bits per heavy atom. The first kappa shape index (κ1) is 32.1. The first-order valence-corrected chi connectivity index (χ1v) is 13.3. The average molecular weight is 591 g/mol. The quantitative estimate of drug-likeness (QED) is 0.104. The van der Waals surface area contributed by atoms with Crippen LogP contribution in [0.3, 0.4) is 0 Å². The van der Waals surface area contributed by atoms with Crippen molar-refractivity contribution in [1.29, 1.82) is 0 Å². The van der Waals surface area contributed by atoms with Crippen molar-refractivity contribution in [3.63, 3.8) is 0 Å². The number of esters is 1. The van der Waals surface area contributed by atoms with Gasteiger partial charge in [0.1, 0.15) is 30.6 Å². The summed E-state index contributed by atoms with van der Waals surface area (Å²) in [5.74, 6) is -0.793. The van der Waals surface area contributed by atoms with Crippen molar-refractivity contribution < 1.29 is 38.1 Å². The van der Waals surface area contributed by atoms with E-state index in [-0.39, 0.29) is 24.9 Å². The Hall–Kier alpha value is -5.39. The van der Waals surface area contributed by atoms with Crippen LogP contribution in [-0.2, 0) is 32.2 Å². The van der Waals surface area contributed by atoms with Gasteiger partial charge in [-0.05, 0) is 63.1 Å². The van der Waals surface area contributed by atoms with Crippen molar-refractivity contribution in [2.24, 2.45) is 4.99 Å². The van der Waals surface area contributed by atoms with E-state index in [1.165, 1.54) is 31.2 Å². The minimum Gasteiger partial charge on any atom is -0.444 e. The molecule has 0 aliphatic rings. The fourth-order valence-electron chi connectivity index (χ4n) is 3.26. The standard InChI is InChI=1S/C31H34N4O8/c1-21(32-30(39)43-31(2,3)4)26(36)42-25-17-15-24(16-18-25)33-27(34-28(37)40-19-22-11-7-5-8-12-22)35-29(38)41-20-23-13-9-6-10-14-23/h5-18,21H,19-20H2,1-4H3,(H,32,39)(H2,33,34,35,37,38)/t21-/m0/s1. The fraction of sp³-hybridized carbons (Fsp3) is 0.258. The zero-order chi connectivity index (χ0) is 31.2. The zero-order valence-electron chi connectivity index (χ0n) is 24.3. The number of hydrogen-bond donors (Lipinski definition) is 3. The molecule has 3 aromatic carbocycles. The van der Waals surface area contributed by atoms with E-state index in [1.54, 1.807) is 45.0 Å². The maximum Gasteiger partial charge on any atom is 0.414 e. The Bertz CT molecular complexity index is 1350. The molecule has 226 valence electrons. The number of rotatable bonds is 8. The monoisotopic (exact) mass is 590 g/mol. The number of guanidine groups is 1. The van der Waals surface area contributed by atoms with Gasteiger partial charge in [-0.1, -0.05) is 60.7 Å². The lowest BCUT2D eigenvalue weighted by Crippen LogP contribution is -2.44. The number of carbonyl (C=O) groups excluding carboxylic acids is 4. The molecule has 3 aromatic rings. The van der Waals surface area contributed by atoms with Crippen LogP contribution in [-0.4, -0.2) is 41.9 Å². The second kappa shape index (κ2) is 15.6. The normalized spacial score (nSPS) is 11.3. The van der Waals surface area contributed by atoms with Gasteiger partial charge in [0, 0.05) is 0 Å². The van der Waals surface area contributed by atoms with Crippen molar-refractivity contribution in [2.45, 2.75) is 52.6 Å². The summed E-state index contributed by atoms with van der Waals surface area (Å²) in [5, 5.41) is 7.21. The number of nitrogens with zero attached hydrogens (tertiary/aromatic N) is 1.